The molecule has 0 radical (unpaired) electrons. The number of aromatic nitrogens is 1. The van der Waals surface area contributed by atoms with Gasteiger partial charge in [-0.3, -0.25) is 9.80 Å². The normalized spacial score (nSPS) is 19.3. The molecule has 35 heavy (non-hydrogen) atoms. The molecule has 1 amide bonds. The number of hydrogen-bond acceptors (Lipinski definition) is 7. The second-order valence-electron chi connectivity index (χ2n) is 8.50. The van der Waals surface area contributed by atoms with Crippen LogP contribution < -0.4 is 16.2 Å². The Labute approximate surface area is 208 Å². The highest BCUT2D eigenvalue weighted by atomic mass is 32.1. The number of benzene rings is 2. The van der Waals surface area contributed by atoms with Crippen molar-refractivity contribution in [3.8, 4) is 0 Å². The van der Waals surface area contributed by atoms with Gasteiger partial charge in [-0.1, -0.05) is 78.1 Å². The summed E-state index contributed by atoms with van der Waals surface area (Å²) < 4.78 is 0. The molecule has 3 aromatic rings. The Morgan fingerprint density at radius 1 is 1.17 bits per heavy atom. The molecule has 0 saturated heterocycles. The summed E-state index contributed by atoms with van der Waals surface area (Å²) in [5.74, 6) is 0.0764. The number of hydrogen-bond donors (Lipinski definition) is 2. The first-order valence-electron chi connectivity index (χ1n) is 11.5. The van der Waals surface area contributed by atoms with E-state index in [9.17, 15) is 4.79 Å². The number of nitrogen functional groups attached to an aromatic ring is 1. The summed E-state index contributed by atoms with van der Waals surface area (Å²) in [5, 5.41) is 11.6. The minimum absolute atomic E-state index is 0.250. The number of nitrogens with zero attached hydrogens (tertiary/aromatic N) is 4. The Balaban J connectivity index is 1.32. The van der Waals surface area contributed by atoms with Gasteiger partial charge in [-0.15, -0.1) is 0 Å². The minimum atomic E-state index is -0.318. The monoisotopic (exact) mass is 482 g/mol. The van der Waals surface area contributed by atoms with Crippen LogP contribution in [0.3, 0.4) is 0 Å². The lowest BCUT2D eigenvalue weighted by Crippen LogP contribution is -2.33. The van der Waals surface area contributed by atoms with E-state index in [2.05, 4.69) is 69.1 Å². The van der Waals surface area contributed by atoms with Crippen molar-refractivity contribution in [2.24, 2.45) is 16.1 Å². The highest BCUT2D eigenvalue weighted by Gasteiger charge is 2.33. The van der Waals surface area contributed by atoms with Crippen LogP contribution in [0.4, 0.5) is 10.8 Å². The molecule has 7 nitrogen and oxygen atoms in total. The lowest BCUT2D eigenvalue weighted by Gasteiger charge is -2.29. The minimum Gasteiger partial charge on any atom is -0.375 e. The van der Waals surface area contributed by atoms with Gasteiger partial charge < -0.3 is 5.73 Å². The quantitative estimate of drug-likeness (QED) is 0.385. The zero-order valence-electron chi connectivity index (χ0n) is 19.3. The number of nitrogens with two attached hydrogens (primary N) is 1. The van der Waals surface area contributed by atoms with E-state index < -0.39 is 0 Å². The smallest absolute Gasteiger partial charge is 0.283 e. The van der Waals surface area contributed by atoms with Gasteiger partial charge in [0, 0.05) is 12.3 Å². The predicted molar refractivity (Wildman–Crippen MR) is 143 cm³/mol. The van der Waals surface area contributed by atoms with Crippen molar-refractivity contribution in [2.75, 3.05) is 10.7 Å². The van der Waals surface area contributed by atoms with Crippen LogP contribution in [-0.2, 0) is 0 Å². The topological polar surface area (TPSA) is 96.0 Å². The molecule has 1 aliphatic carbocycles. The van der Waals surface area contributed by atoms with Gasteiger partial charge in [0.15, 0.2) is 5.13 Å². The molecule has 2 aliphatic rings. The number of thiazole rings is 1. The molecule has 1 aliphatic heterocycles. The molecule has 0 spiro atoms. The van der Waals surface area contributed by atoms with Crippen LogP contribution in [0, 0.1) is 12.8 Å². The number of allylic oxidation sites excluding steroid dienone is 3. The number of carbonyl (C=O) groups is 1. The fourth-order valence-corrected chi connectivity index (χ4v) is 5.08. The van der Waals surface area contributed by atoms with Crippen LogP contribution in [0.1, 0.15) is 39.3 Å². The van der Waals surface area contributed by atoms with Crippen molar-refractivity contribution >= 4 is 40.0 Å². The van der Waals surface area contributed by atoms with Crippen LogP contribution in [0.25, 0.3) is 0 Å². The van der Waals surface area contributed by atoms with Gasteiger partial charge >= 0.3 is 0 Å². The van der Waals surface area contributed by atoms with Crippen molar-refractivity contribution in [3.63, 3.8) is 0 Å². The standard InChI is InChI=1S/C27H26N6OS/c1-18-25(35-27(28)30-18)26(34)31-29-17-19-12-14-22(15-13-19)33-24(21-10-6-3-7-11-21)16-23(32-33)20-8-4-2-5-9-20/h2-10,12-15,17,21,24H,11,16H2,1H3,(H2,28,30)(H,31,34)/b29-17+. The Kier molecular flexibility index (Phi) is 6.54. The van der Waals surface area contributed by atoms with Gasteiger partial charge in [0.2, 0.25) is 0 Å². The highest BCUT2D eigenvalue weighted by molar-refractivity contribution is 7.17. The van der Waals surface area contributed by atoms with Gasteiger partial charge in [0.1, 0.15) is 4.88 Å². The summed E-state index contributed by atoms with van der Waals surface area (Å²) in [7, 11) is 0. The largest absolute Gasteiger partial charge is 0.375 e. The molecule has 8 heteroatoms. The SMILES string of the molecule is Cc1nc(N)sc1C(=O)N/N=C/c1ccc(N2N=C(c3ccccc3)CC2C2C=CC=CC2)cc1. The number of aryl methyl sites for hydroxylation is 1. The predicted octanol–water partition coefficient (Wildman–Crippen LogP) is 4.91. The molecule has 2 atom stereocenters. The Morgan fingerprint density at radius 3 is 2.66 bits per heavy atom. The van der Waals surface area contributed by atoms with Gasteiger partial charge in [-0.25, -0.2) is 10.4 Å². The molecule has 1 aromatic heterocycles. The zero-order chi connectivity index (χ0) is 24.2. The molecule has 5 rings (SSSR count). The van der Waals surface area contributed by atoms with E-state index in [-0.39, 0.29) is 11.9 Å². The average Bonchev–Trinajstić information content (AvgIpc) is 3.48. The Morgan fingerprint density at radius 2 is 1.97 bits per heavy atom. The van der Waals surface area contributed by atoms with Crippen LogP contribution >= 0.6 is 11.3 Å². The first-order chi connectivity index (χ1) is 17.1. The van der Waals surface area contributed by atoms with E-state index in [1.807, 2.05) is 30.3 Å². The van der Waals surface area contributed by atoms with Crippen molar-refractivity contribution < 1.29 is 4.79 Å². The summed E-state index contributed by atoms with van der Waals surface area (Å²) >= 11 is 1.15. The van der Waals surface area contributed by atoms with Crippen molar-refractivity contribution in [2.45, 2.75) is 25.8 Å². The Hall–Kier alpha value is -4.04. The van der Waals surface area contributed by atoms with E-state index >= 15 is 0 Å². The maximum Gasteiger partial charge on any atom is 0.283 e. The van der Waals surface area contributed by atoms with Crippen molar-refractivity contribution in [1.29, 1.82) is 0 Å². The highest BCUT2D eigenvalue weighted by Crippen LogP contribution is 2.34. The molecular formula is C27H26N6OS. The average molecular weight is 483 g/mol. The molecule has 176 valence electrons. The van der Waals surface area contributed by atoms with E-state index in [0.29, 0.717) is 21.6 Å². The number of amides is 1. The van der Waals surface area contributed by atoms with Gasteiger partial charge in [0.05, 0.1) is 29.3 Å². The first kappa shape index (κ1) is 22.7. The van der Waals surface area contributed by atoms with E-state index in [1.165, 1.54) is 0 Å². The van der Waals surface area contributed by atoms with E-state index in [0.717, 1.165) is 46.7 Å². The maximum atomic E-state index is 12.3. The lowest BCUT2D eigenvalue weighted by molar-refractivity contribution is 0.0958. The van der Waals surface area contributed by atoms with E-state index in [1.54, 1.807) is 13.1 Å². The molecule has 2 aromatic carbocycles. The van der Waals surface area contributed by atoms with Gasteiger partial charge in [0.25, 0.3) is 5.91 Å². The fourth-order valence-electron chi connectivity index (χ4n) is 4.36. The van der Waals surface area contributed by atoms with Crippen molar-refractivity contribution in [1.82, 2.24) is 10.4 Å². The van der Waals surface area contributed by atoms with Crippen LogP contribution in [-0.4, -0.2) is 28.9 Å². The van der Waals surface area contributed by atoms with Crippen LogP contribution in [0.15, 0.2) is 89.1 Å². The molecular weight excluding hydrogens is 456 g/mol. The summed E-state index contributed by atoms with van der Waals surface area (Å²) in [4.78, 5) is 16.8. The zero-order valence-corrected chi connectivity index (χ0v) is 20.2. The number of carbonyl (C=O) groups excluding carboxylic acids is 1. The second-order valence-corrected chi connectivity index (χ2v) is 9.53. The molecule has 0 bridgehead atoms. The molecule has 2 unspecified atom stereocenters. The number of anilines is 2. The van der Waals surface area contributed by atoms with Crippen LogP contribution in [0.5, 0.6) is 0 Å². The maximum absolute atomic E-state index is 12.3. The summed E-state index contributed by atoms with van der Waals surface area (Å²) in [6.07, 6.45) is 12.3. The third-order valence-corrected chi connectivity index (χ3v) is 7.10. The van der Waals surface area contributed by atoms with Gasteiger partial charge in [-0.2, -0.15) is 10.2 Å². The van der Waals surface area contributed by atoms with Crippen molar-refractivity contribution in [3.05, 3.63) is 101 Å². The molecule has 2 heterocycles. The lowest BCUT2D eigenvalue weighted by atomic mass is 9.88. The molecule has 3 N–H and O–H groups in total. The third kappa shape index (κ3) is 5.07. The second kappa shape index (κ2) is 10.1. The number of nitrogens with one attached hydrogen (secondary N) is 1. The Bertz CT molecular complexity index is 1320. The molecule has 0 fully saturated rings. The number of rotatable bonds is 6. The van der Waals surface area contributed by atoms with Crippen LogP contribution in [0.2, 0.25) is 0 Å². The fraction of sp³-hybridized carbons (Fsp3) is 0.185. The summed E-state index contributed by atoms with van der Waals surface area (Å²) in [6.45, 7) is 1.75. The first-order valence-corrected chi connectivity index (χ1v) is 12.3. The number of hydrazone groups is 2. The third-order valence-electron chi connectivity index (χ3n) is 6.12. The summed E-state index contributed by atoms with van der Waals surface area (Å²) in [5.41, 5.74) is 13.0. The summed E-state index contributed by atoms with van der Waals surface area (Å²) in [6, 6.07) is 18.7. The van der Waals surface area contributed by atoms with Gasteiger partial charge in [-0.05, 0) is 36.6 Å². The molecule has 0 saturated carbocycles. The van der Waals surface area contributed by atoms with E-state index in [4.69, 9.17) is 10.8 Å².